The van der Waals surface area contributed by atoms with E-state index in [4.69, 9.17) is 0 Å². The molecule has 4 heterocycles. The van der Waals surface area contributed by atoms with Crippen LogP contribution in [-0.2, 0) is 17.8 Å². The summed E-state index contributed by atoms with van der Waals surface area (Å²) in [6, 6.07) is -0.915. The van der Waals surface area contributed by atoms with E-state index in [9.17, 15) is 9.59 Å². The fraction of sp³-hybridized carbons (Fsp3) is 0.474. The zero-order valence-electron chi connectivity index (χ0n) is 16.5. The Balaban J connectivity index is 1.67. The molecule has 0 saturated heterocycles. The Morgan fingerprint density at radius 3 is 2.79 bits per heavy atom. The van der Waals surface area contributed by atoms with Crippen molar-refractivity contribution < 1.29 is 9.59 Å². The molecule has 0 aromatic carbocycles. The Morgan fingerprint density at radius 2 is 2.11 bits per heavy atom. The molecule has 148 valence electrons. The van der Waals surface area contributed by atoms with E-state index in [-0.39, 0.29) is 17.9 Å². The maximum Gasteiger partial charge on any atom is 0.319 e. The molecule has 0 saturated carbocycles. The zero-order chi connectivity index (χ0) is 20.0. The SMILES string of the molecule is CC1=C(C(=O)N2CCc3[nH]nc(C(C)C)c3C2)[C@@H](c2nc[nH]c2C)NC(=O)N1. The smallest absolute Gasteiger partial charge is 0.319 e. The number of amides is 3. The highest BCUT2D eigenvalue weighted by molar-refractivity contribution is 5.98. The molecule has 4 rings (SSSR count). The average molecular weight is 383 g/mol. The first-order valence-electron chi connectivity index (χ1n) is 9.50. The molecule has 3 amide bonds. The summed E-state index contributed by atoms with van der Waals surface area (Å²) >= 11 is 0. The van der Waals surface area contributed by atoms with E-state index in [1.54, 1.807) is 13.3 Å². The van der Waals surface area contributed by atoms with Crippen LogP contribution in [-0.4, -0.2) is 43.5 Å². The number of fused-ring (bicyclic) bond motifs is 1. The number of aromatic amines is 2. The van der Waals surface area contributed by atoms with E-state index in [0.29, 0.717) is 30.1 Å². The lowest BCUT2D eigenvalue weighted by Gasteiger charge is -2.33. The van der Waals surface area contributed by atoms with E-state index in [2.05, 4.69) is 44.6 Å². The van der Waals surface area contributed by atoms with Gasteiger partial charge in [-0.1, -0.05) is 13.8 Å². The molecule has 0 aliphatic carbocycles. The van der Waals surface area contributed by atoms with Crippen molar-refractivity contribution in [3.05, 3.63) is 45.9 Å². The molecule has 2 aliphatic heterocycles. The van der Waals surface area contributed by atoms with Crippen molar-refractivity contribution in [2.45, 2.75) is 52.6 Å². The summed E-state index contributed by atoms with van der Waals surface area (Å²) in [7, 11) is 0. The first-order valence-corrected chi connectivity index (χ1v) is 9.50. The van der Waals surface area contributed by atoms with Crippen LogP contribution < -0.4 is 10.6 Å². The number of allylic oxidation sites excluding steroid dienone is 1. The van der Waals surface area contributed by atoms with E-state index in [1.165, 1.54) is 0 Å². The van der Waals surface area contributed by atoms with Gasteiger partial charge in [0.1, 0.15) is 6.04 Å². The first kappa shape index (κ1) is 18.3. The van der Waals surface area contributed by atoms with Crippen molar-refractivity contribution in [1.82, 2.24) is 35.7 Å². The number of hydrogen-bond acceptors (Lipinski definition) is 4. The average Bonchev–Trinajstić information content (AvgIpc) is 3.25. The number of rotatable bonds is 3. The Morgan fingerprint density at radius 1 is 1.32 bits per heavy atom. The second-order valence-electron chi connectivity index (χ2n) is 7.68. The Labute approximate surface area is 163 Å². The number of imidazole rings is 1. The number of nitrogens with zero attached hydrogens (tertiary/aromatic N) is 3. The van der Waals surface area contributed by atoms with Crippen LogP contribution in [0.4, 0.5) is 4.79 Å². The molecule has 0 spiro atoms. The van der Waals surface area contributed by atoms with Crippen LogP contribution in [0.1, 0.15) is 61.1 Å². The molecule has 9 heteroatoms. The summed E-state index contributed by atoms with van der Waals surface area (Å²) in [6.45, 7) is 8.94. The number of urea groups is 1. The molecule has 0 fully saturated rings. The van der Waals surface area contributed by atoms with Gasteiger partial charge in [-0.3, -0.25) is 9.89 Å². The summed E-state index contributed by atoms with van der Waals surface area (Å²) in [5.41, 5.74) is 5.77. The van der Waals surface area contributed by atoms with Crippen LogP contribution in [0, 0.1) is 6.92 Å². The maximum absolute atomic E-state index is 13.5. The molecule has 0 radical (unpaired) electrons. The highest BCUT2D eigenvalue weighted by atomic mass is 16.2. The standard InChI is InChI=1S/C19H25N7O2/c1-9(2)15-12-7-26(6-5-13(12)24-25-15)18(27)14-10(3)22-19(28)23-17(14)16-11(4)20-8-21-16/h8-9,17H,5-7H2,1-4H3,(H,20,21)(H,24,25)(H2,22,23,28)/t17-/m0/s1. The van der Waals surface area contributed by atoms with Crippen LogP contribution in [0.15, 0.2) is 17.6 Å². The first-order chi connectivity index (χ1) is 13.4. The third-order valence-corrected chi connectivity index (χ3v) is 5.44. The van der Waals surface area contributed by atoms with Crippen molar-refractivity contribution in [1.29, 1.82) is 0 Å². The molecular weight excluding hydrogens is 358 g/mol. The minimum absolute atomic E-state index is 0.0982. The molecule has 28 heavy (non-hydrogen) atoms. The number of hydrogen-bond donors (Lipinski definition) is 4. The third-order valence-electron chi connectivity index (χ3n) is 5.44. The summed E-state index contributed by atoms with van der Waals surface area (Å²) in [5, 5.41) is 13.1. The molecule has 1 atom stereocenters. The lowest BCUT2D eigenvalue weighted by molar-refractivity contribution is -0.128. The molecule has 2 aliphatic rings. The summed E-state index contributed by atoms with van der Waals surface area (Å²) in [4.78, 5) is 34.7. The predicted octanol–water partition coefficient (Wildman–Crippen LogP) is 1.78. The largest absolute Gasteiger partial charge is 0.348 e. The number of aryl methyl sites for hydroxylation is 1. The lowest BCUT2D eigenvalue weighted by Crippen LogP contribution is -2.48. The van der Waals surface area contributed by atoms with Crippen LogP contribution in [0.2, 0.25) is 0 Å². The molecular formula is C19H25N7O2. The highest BCUT2D eigenvalue weighted by Crippen LogP contribution is 2.31. The van der Waals surface area contributed by atoms with Crippen LogP contribution in [0.5, 0.6) is 0 Å². The van der Waals surface area contributed by atoms with Gasteiger partial charge in [-0.05, 0) is 19.8 Å². The van der Waals surface area contributed by atoms with Gasteiger partial charge in [0, 0.05) is 42.2 Å². The van der Waals surface area contributed by atoms with Crippen molar-refractivity contribution in [3.8, 4) is 0 Å². The van der Waals surface area contributed by atoms with E-state index in [0.717, 1.165) is 29.1 Å². The summed E-state index contributed by atoms with van der Waals surface area (Å²) < 4.78 is 0. The number of carbonyl (C=O) groups excluding carboxylic acids is 2. The van der Waals surface area contributed by atoms with Crippen molar-refractivity contribution in [3.63, 3.8) is 0 Å². The van der Waals surface area contributed by atoms with E-state index >= 15 is 0 Å². The van der Waals surface area contributed by atoms with Gasteiger partial charge < -0.3 is 20.5 Å². The van der Waals surface area contributed by atoms with Crippen LogP contribution in [0.3, 0.4) is 0 Å². The van der Waals surface area contributed by atoms with Gasteiger partial charge >= 0.3 is 6.03 Å². The summed E-state index contributed by atoms with van der Waals surface area (Å²) in [6.07, 6.45) is 2.31. The van der Waals surface area contributed by atoms with Crippen molar-refractivity contribution in [2.24, 2.45) is 0 Å². The number of H-pyrrole nitrogens is 2. The molecule has 2 aromatic rings. The second kappa shape index (κ2) is 6.81. The van der Waals surface area contributed by atoms with E-state index in [1.807, 2.05) is 11.8 Å². The van der Waals surface area contributed by atoms with Gasteiger partial charge in [-0.15, -0.1) is 0 Å². The number of nitrogens with one attached hydrogen (secondary N) is 4. The highest BCUT2D eigenvalue weighted by Gasteiger charge is 2.37. The Hall–Kier alpha value is -3.10. The molecule has 4 N–H and O–H groups in total. The number of carbonyl (C=O) groups is 2. The lowest BCUT2D eigenvalue weighted by atomic mass is 9.95. The van der Waals surface area contributed by atoms with Crippen LogP contribution >= 0.6 is 0 Å². The topological polar surface area (TPSA) is 119 Å². The second-order valence-corrected chi connectivity index (χ2v) is 7.68. The Kier molecular flexibility index (Phi) is 4.44. The molecule has 9 nitrogen and oxygen atoms in total. The zero-order valence-corrected chi connectivity index (χ0v) is 16.5. The third kappa shape index (κ3) is 2.96. The van der Waals surface area contributed by atoms with Crippen LogP contribution in [0.25, 0.3) is 0 Å². The minimum Gasteiger partial charge on any atom is -0.348 e. The van der Waals surface area contributed by atoms with Gasteiger partial charge in [-0.2, -0.15) is 5.10 Å². The monoisotopic (exact) mass is 383 g/mol. The Bertz CT molecular complexity index is 969. The minimum atomic E-state index is -0.581. The van der Waals surface area contributed by atoms with Crippen molar-refractivity contribution >= 4 is 11.9 Å². The fourth-order valence-electron chi connectivity index (χ4n) is 3.98. The van der Waals surface area contributed by atoms with E-state index < -0.39 is 6.04 Å². The molecule has 0 unspecified atom stereocenters. The molecule has 0 bridgehead atoms. The summed E-state index contributed by atoms with van der Waals surface area (Å²) in [5.74, 6) is 0.185. The van der Waals surface area contributed by atoms with Gasteiger partial charge in [0.15, 0.2) is 0 Å². The molecule has 2 aromatic heterocycles. The quantitative estimate of drug-likeness (QED) is 0.646. The van der Waals surface area contributed by atoms with Crippen molar-refractivity contribution in [2.75, 3.05) is 6.54 Å². The van der Waals surface area contributed by atoms with Gasteiger partial charge in [0.2, 0.25) is 0 Å². The van der Waals surface area contributed by atoms with Gasteiger partial charge in [-0.25, -0.2) is 9.78 Å². The predicted molar refractivity (Wildman–Crippen MR) is 102 cm³/mol. The fourth-order valence-corrected chi connectivity index (χ4v) is 3.98. The van der Waals surface area contributed by atoms with Gasteiger partial charge in [0.25, 0.3) is 5.91 Å². The normalized spacial score (nSPS) is 19.5. The van der Waals surface area contributed by atoms with Gasteiger partial charge in [0.05, 0.1) is 23.3 Å². The maximum atomic E-state index is 13.5. The number of aromatic nitrogens is 4.